The molecule has 0 fully saturated rings. The summed E-state index contributed by atoms with van der Waals surface area (Å²) in [6.45, 7) is 9.09. The van der Waals surface area contributed by atoms with E-state index < -0.39 is 0 Å². The fourth-order valence-corrected chi connectivity index (χ4v) is 2.28. The highest BCUT2D eigenvalue weighted by Gasteiger charge is 2.17. The minimum atomic E-state index is 0.0991. The predicted molar refractivity (Wildman–Crippen MR) is 76.9 cm³/mol. The Bertz CT molecular complexity index is 421. The van der Waals surface area contributed by atoms with Crippen LogP contribution in [0.25, 0.3) is 0 Å². The molecule has 0 radical (unpaired) electrons. The van der Waals surface area contributed by atoms with Gasteiger partial charge in [-0.15, -0.1) is 0 Å². The molecular weight excluding hydrogens is 278 g/mol. The van der Waals surface area contributed by atoms with E-state index in [9.17, 15) is 4.79 Å². The number of nitrogens with zero attached hydrogens (tertiary/aromatic N) is 1. The summed E-state index contributed by atoms with van der Waals surface area (Å²) in [5.74, 6) is 0.0991. The normalized spacial score (nSPS) is 11.4. The molecule has 0 saturated carbocycles. The maximum Gasteiger partial charge on any atom is 0.161 e. The number of ketones is 1. The van der Waals surface area contributed by atoms with Crippen molar-refractivity contribution in [3.63, 3.8) is 0 Å². The van der Waals surface area contributed by atoms with E-state index in [-0.39, 0.29) is 11.2 Å². The lowest BCUT2D eigenvalue weighted by Gasteiger charge is -2.29. The van der Waals surface area contributed by atoms with Gasteiger partial charge in [-0.1, -0.05) is 36.7 Å². The zero-order valence-electron chi connectivity index (χ0n) is 11.2. The van der Waals surface area contributed by atoms with Crippen LogP contribution in [0.15, 0.2) is 22.7 Å². The maximum absolute atomic E-state index is 11.6. The van der Waals surface area contributed by atoms with Gasteiger partial charge in [0.15, 0.2) is 5.78 Å². The lowest BCUT2D eigenvalue weighted by molar-refractivity contribution is 0.101. The molecule has 1 aromatic rings. The lowest BCUT2D eigenvalue weighted by atomic mass is 9.95. The van der Waals surface area contributed by atoms with E-state index >= 15 is 0 Å². The molecule has 0 unspecified atom stereocenters. The van der Waals surface area contributed by atoms with Gasteiger partial charge in [0.05, 0.1) is 0 Å². The number of hydrogen-bond acceptors (Lipinski definition) is 2. The molecule has 0 atom stereocenters. The molecule has 1 rings (SSSR count). The Balaban J connectivity index is 3.09. The van der Waals surface area contributed by atoms with E-state index in [4.69, 9.17) is 0 Å². The molecule has 3 heteroatoms. The van der Waals surface area contributed by atoms with Crippen molar-refractivity contribution in [2.75, 3.05) is 18.5 Å². The van der Waals surface area contributed by atoms with Gasteiger partial charge in [0, 0.05) is 29.3 Å². The highest BCUT2D eigenvalue weighted by Crippen LogP contribution is 2.27. The summed E-state index contributed by atoms with van der Waals surface area (Å²) in [5, 5.41) is 0. The molecule has 0 heterocycles. The molecule has 0 saturated heterocycles. The third-order valence-electron chi connectivity index (χ3n) is 2.46. The van der Waals surface area contributed by atoms with Gasteiger partial charge in [-0.05, 0) is 30.5 Å². The first-order chi connectivity index (χ1) is 7.70. The zero-order valence-corrected chi connectivity index (χ0v) is 12.8. The molecule has 1 aromatic carbocycles. The monoisotopic (exact) mass is 297 g/mol. The van der Waals surface area contributed by atoms with Crippen LogP contribution >= 0.6 is 15.9 Å². The van der Waals surface area contributed by atoms with Crippen molar-refractivity contribution in [2.45, 2.75) is 27.7 Å². The summed E-state index contributed by atoms with van der Waals surface area (Å²) in [4.78, 5) is 13.8. The Labute approximate surface area is 112 Å². The number of halogens is 1. The van der Waals surface area contributed by atoms with Crippen molar-refractivity contribution in [1.29, 1.82) is 0 Å². The van der Waals surface area contributed by atoms with Gasteiger partial charge < -0.3 is 4.90 Å². The Morgan fingerprint density at radius 3 is 2.41 bits per heavy atom. The molecule has 2 nitrogen and oxygen atoms in total. The topological polar surface area (TPSA) is 20.3 Å². The van der Waals surface area contributed by atoms with Crippen molar-refractivity contribution in [1.82, 2.24) is 0 Å². The van der Waals surface area contributed by atoms with Gasteiger partial charge >= 0.3 is 0 Å². The minimum absolute atomic E-state index is 0.0991. The number of Topliss-reactive ketones (excluding diaryl/α,β-unsaturated/α-hetero) is 1. The molecule has 0 aliphatic carbocycles. The Morgan fingerprint density at radius 2 is 1.94 bits per heavy atom. The molecule has 0 aliphatic rings. The van der Waals surface area contributed by atoms with Crippen molar-refractivity contribution in [3.05, 3.63) is 28.2 Å². The quantitative estimate of drug-likeness (QED) is 0.782. The predicted octanol–water partition coefficient (Wildman–Crippen LogP) is 4.13. The fraction of sp³-hybridized carbons (Fsp3) is 0.500. The van der Waals surface area contributed by atoms with Crippen LogP contribution in [0.5, 0.6) is 0 Å². The summed E-state index contributed by atoms with van der Waals surface area (Å²) in [5.41, 5.74) is 1.97. The third-order valence-corrected chi connectivity index (χ3v) is 2.95. The summed E-state index contributed by atoms with van der Waals surface area (Å²) < 4.78 is 0.940. The molecular formula is C14H20BrNO. The van der Waals surface area contributed by atoms with Gasteiger partial charge in [0.1, 0.15) is 0 Å². The van der Waals surface area contributed by atoms with Crippen molar-refractivity contribution in [3.8, 4) is 0 Å². The molecule has 0 aliphatic heterocycles. The summed E-state index contributed by atoms with van der Waals surface area (Å²) >= 11 is 3.40. The molecule has 0 spiro atoms. The first-order valence-corrected chi connectivity index (χ1v) is 6.51. The maximum atomic E-state index is 11.6. The molecule has 0 aromatic heterocycles. The summed E-state index contributed by atoms with van der Waals surface area (Å²) in [7, 11) is 2.03. The SMILES string of the molecule is CC(=O)c1cc(Br)ccc1N(C)CC(C)(C)C. The van der Waals surface area contributed by atoms with Crippen LogP contribution in [-0.4, -0.2) is 19.4 Å². The average Bonchev–Trinajstić information content (AvgIpc) is 2.14. The van der Waals surface area contributed by atoms with Gasteiger partial charge in [-0.2, -0.15) is 0 Å². The molecule has 0 amide bonds. The van der Waals surface area contributed by atoms with Crippen molar-refractivity contribution >= 4 is 27.4 Å². The van der Waals surface area contributed by atoms with E-state index in [1.165, 1.54) is 0 Å². The lowest BCUT2D eigenvalue weighted by Crippen LogP contribution is -2.30. The van der Waals surface area contributed by atoms with Crippen molar-refractivity contribution in [2.24, 2.45) is 5.41 Å². The van der Waals surface area contributed by atoms with Crippen LogP contribution < -0.4 is 4.90 Å². The first-order valence-electron chi connectivity index (χ1n) is 5.72. The Kier molecular flexibility index (Phi) is 4.36. The van der Waals surface area contributed by atoms with Gasteiger partial charge in [0.25, 0.3) is 0 Å². The fourth-order valence-electron chi connectivity index (χ4n) is 1.92. The number of carbonyl (C=O) groups excluding carboxylic acids is 1. The molecule has 0 N–H and O–H groups in total. The van der Waals surface area contributed by atoms with Crippen LogP contribution in [-0.2, 0) is 0 Å². The van der Waals surface area contributed by atoms with Crippen molar-refractivity contribution < 1.29 is 4.79 Å². The Morgan fingerprint density at radius 1 is 1.35 bits per heavy atom. The largest absolute Gasteiger partial charge is 0.373 e. The number of carbonyl (C=O) groups is 1. The van der Waals surface area contributed by atoms with Crippen LogP contribution in [0.4, 0.5) is 5.69 Å². The zero-order chi connectivity index (χ0) is 13.2. The van der Waals surface area contributed by atoms with E-state index in [2.05, 4.69) is 41.6 Å². The van der Waals surface area contributed by atoms with Gasteiger partial charge in [0.2, 0.25) is 0 Å². The van der Waals surface area contributed by atoms with Gasteiger partial charge in [-0.25, -0.2) is 0 Å². The average molecular weight is 298 g/mol. The number of anilines is 1. The van der Waals surface area contributed by atoms with E-state index in [0.29, 0.717) is 0 Å². The smallest absolute Gasteiger partial charge is 0.161 e. The van der Waals surface area contributed by atoms with E-state index in [1.807, 2.05) is 25.2 Å². The van der Waals surface area contributed by atoms with Crippen LogP contribution in [0.3, 0.4) is 0 Å². The standard InChI is InChI=1S/C14H20BrNO/c1-10(17)12-8-11(15)6-7-13(12)16(5)9-14(2,3)4/h6-8H,9H2,1-5H3. The second-order valence-corrected chi connectivity index (χ2v) is 6.55. The second-order valence-electron chi connectivity index (χ2n) is 5.63. The van der Waals surface area contributed by atoms with Crippen LogP contribution in [0.2, 0.25) is 0 Å². The number of benzene rings is 1. The first kappa shape index (κ1) is 14.2. The highest BCUT2D eigenvalue weighted by molar-refractivity contribution is 9.10. The second kappa shape index (κ2) is 5.21. The number of rotatable bonds is 3. The molecule has 94 valence electrons. The molecule has 17 heavy (non-hydrogen) atoms. The van der Waals surface area contributed by atoms with Gasteiger partial charge in [-0.3, -0.25) is 4.79 Å². The highest BCUT2D eigenvalue weighted by atomic mass is 79.9. The molecule has 0 bridgehead atoms. The Hall–Kier alpha value is -0.830. The van der Waals surface area contributed by atoms with E-state index in [1.54, 1.807) is 6.92 Å². The summed E-state index contributed by atoms with van der Waals surface area (Å²) in [6, 6.07) is 5.85. The van der Waals surface area contributed by atoms with E-state index in [0.717, 1.165) is 22.3 Å². The van der Waals surface area contributed by atoms with Crippen LogP contribution in [0, 0.1) is 5.41 Å². The minimum Gasteiger partial charge on any atom is -0.373 e. The van der Waals surface area contributed by atoms with Crippen LogP contribution in [0.1, 0.15) is 38.1 Å². The number of hydrogen-bond donors (Lipinski definition) is 0. The summed E-state index contributed by atoms with van der Waals surface area (Å²) in [6.07, 6.45) is 0. The third kappa shape index (κ3) is 4.15.